The Kier molecular flexibility index (Phi) is 7.35. The molecule has 1 atom stereocenters. The summed E-state index contributed by atoms with van der Waals surface area (Å²) in [5.74, 6) is 0. The molecule has 1 heterocycles. The lowest BCUT2D eigenvalue weighted by atomic mass is 10.0. The zero-order chi connectivity index (χ0) is 19.9. The second-order valence-electron chi connectivity index (χ2n) is 7.55. The molecule has 150 valence electrons. The molecule has 1 saturated heterocycles. The summed E-state index contributed by atoms with van der Waals surface area (Å²) in [5, 5.41) is 3.81. The van der Waals surface area contributed by atoms with Gasteiger partial charge in [0.05, 0.1) is 0 Å². The number of benzene rings is 2. The van der Waals surface area contributed by atoms with Gasteiger partial charge in [-0.15, -0.1) is 0 Å². The van der Waals surface area contributed by atoms with E-state index in [0.717, 1.165) is 48.6 Å². The van der Waals surface area contributed by atoms with E-state index in [2.05, 4.69) is 41.4 Å². The predicted octanol–water partition coefficient (Wildman–Crippen LogP) is 4.84. The van der Waals surface area contributed by atoms with Gasteiger partial charge >= 0.3 is 6.03 Å². The van der Waals surface area contributed by atoms with Crippen LogP contribution >= 0.6 is 11.6 Å². The van der Waals surface area contributed by atoms with Crippen LogP contribution in [0.25, 0.3) is 0 Å². The number of amides is 2. The zero-order valence-electron chi connectivity index (χ0n) is 16.8. The van der Waals surface area contributed by atoms with Crippen molar-refractivity contribution in [2.45, 2.75) is 45.8 Å². The molecule has 1 aliphatic rings. The van der Waals surface area contributed by atoms with Crippen molar-refractivity contribution in [2.75, 3.05) is 19.6 Å². The quantitative estimate of drug-likeness (QED) is 0.754. The van der Waals surface area contributed by atoms with E-state index >= 15 is 0 Å². The first-order valence-electron chi connectivity index (χ1n) is 10.1. The average molecular weight is 400 g/mol. The normalized spacial score (nSPS) is 17.3. The number of carbonyl (C=O) groups is 1. The molecule has 0 bridgehead atoms. The Bertz CT molecular complexity index is 781. The van der Waals surface area contributed by atoms with Gasteiger partial charge in [0, 0.05) is 37.2 Å². The van der Waals surface area contributed by atoms with Gasteiger partial charge in [-0.05, 0) is 56.0 Å². The largest absolute Gasteiger partial charge is 0.334 e. The summed E-state index contributed by atoms with van der Waals surface area (Å²) in [7, 11) is 0. The number of likely N-dealkylation sites (tertiary alicyclic amines) is 1. The SMILES string of the molecule is CCN(C(=O)NCc1ccc(C)c(Cl)c1)C1CCCN(Cc2ccccc2)C1. The maximum Gasteiger partial charge on any atom is 0.317 e. The van der Waals surface area contributed by atoms with E-state index in [4.69, 9.17) is 11.6 Å². The Balaban J connectivity index is 1.56. The lowest BCUT2D eigenvalue weighted by molar-refractivity contribution is 0.110. The van der Waals surface area contributed by atoms with E-state index in [-0.39, 0.29) is 12.1 Å². The van der Waals surface area contributed by atoms with Crippen molar-refractivity contribution in [1.82, 2.24) is 15.1 Å². The Morgan fingerprint density at radius 3 is 2.71 bits per heavy atom. The first kappa shape index (κ1) is 20.7. The van der Waals surface area contributed by atoms with E-state index < -0.39 is 0 Å². The Labute approximate surface area is 173 Å². The molecule has 1 N–H and O–H groups in total. The van der Waals surface area contributed by atoms with Gasteiger partial charge in [0.1, 0.15) is 0 Å². The standard InChI is InChI=1S/C23H30ClN3O/c1-3-27(23(28)25-15-20-12-11-18(2)22(24)14-20)21-10-7-13-26(17-21)16-19-8-5-4-6-9-19/h4-6,8-9,11-12,14,21H,3,7,10,13,15-17H2,1-2H3,(H,25,28). The van der Waals surface area contributed by atoms with E-state index in [1.807, 2.05) is 36.1 Å². The van der Waals surface area contributed by atoms with Crippen molar-refractivity contribution in [1.29, 1.82) is 0 Å². The summed E-state index contributed by atoms with van der Waals surface area (Å²) in [5.41, 5.74) is 3.40. The maximum atomic E-state index is 12.8. The number of halogens is 1. The number of carbonyl (C=O) groups excluding carboxylic acids is 1. The molecule has 4 nitrogen and oxygen atoms in total. The van der Waals surface area contributed by atoms with Crippen molar-refractivity contribution < 1.29 is 4.79 Å². The highest BCUT2D eigenvalue weighted by Gasteiger charge is 2.27. The smallest absolute Gasteiger partial charge is 0.317 e. The molecule has 2 aromatic rings. The molecular weight excluding hydrogens is 370 g/mol. The van der Waals surface area contributed by atoms with Gasteiger partial charge < -0.3 is 10.2 Å². The molecule has 0 saturated carbocycles. The predicted molar refractivity (Wildman–Crippen MR) is 116 cm³/mol. The third-order valence-corrected chi connectivity index (χ3v) is 5.86. The molecule has 2 amide bonds. The first-order valence-corrected chi connectivity index (χ1v) is 10.5. The Hall–Kier alpha value is -2.04. The molecule has 1 aliphatic heterocycles. The molecule has 2 aromatic carbocycles. The van der Waals surface area contributed by atoms with Crippen LogP contribution in [0.15, 0.2) is 48.5 Å². The van der Waals surface area contributed by atoms with Crippen molar-refractivity contribution >= 4 is 17.6 Å². The minimum atomic E-state index is 0.00533. The van der Waals surface area contributed by atoms with Gasteiger partial charge in [-0.2, -0.15) is 0 Å². The van der Waals surface area contributed by atoms with Gasteiger partial charge in [0.15, 0.2) is 0 Å². The molecule has 1 fully saturated rings. The van der Waals surface area contributed by atoms with Crippen LogP contribution in [-0.4, -0.2) is 41.5 Å². The minimum Gasteiger partial charge on any atom is -0.334 e. The molecule has 0 spiro atoms. The monoisotopic (exact) mass is 399 g/mol. The highest BCUT2D eigenvalue weighted by Crippen LogP contribution is 2.19. The summed E-state index contributed by atoms with van der Waals surface area (Å²) in [6, 6.07) is 16.7. The fourth-order valence-electron chi connectivity index (χ4n) is 3.86. The van der Waals surface area contributed by atoms with Crippen molar-refractivity contribution in [3.8, 4) is 0 Å². The molecule has 28 heavy (non-hydrogen) atoms. The van der Waals surface area contributed by atoms with Crippen LogP contribution in [0.4, 0.5) is 4.79 Å². The lowest BCUT2D eigenvalue weighted by Crippen LogP contribution is -2.52. The second kappa shape index (κ2) is 9.94. The number of nitrogens with zero attached hydrogens (tertiary/aromatic N) is 2. The van der Waals surface area contributed by atoms with E-state index in [1.165, 1.54) is 5.56 Å². The third kappa shape index (κ3) is 5.49. The minimum absolute atomic E-state index is 0.00533. The fraction of sp³-hybridized carbons (Fsp3) is 0.435. The van der Waals surface area contributed by atoms with Crippen molar-refractivity contribution in [3.63, 3.8) is 0 Å². The number of rotatable bonds is 6. The summed E-state index contributed by atoms with van der Waals surface area (Å²) >= 11 is 6.19. The number of piperidine rings is 1. The van der Waals surface area contributed by atoms with Gasteiger partial charge in [-0.1, -0.05) is 54.1 Å². The molecule has 0 aromatic heterocycles. The van der Waals surface area contributed by atoms with E-state index in [9.17, 15) is 4.79 Å². The van der Waals surface area contributed by atoms with Crippen molar-refractivity contribution in [3.05, 3.63) is 70.2 Å². The molecular formula is C23H30ClN3O. The van der Waals surface area contributed by atoms with E-state index in [0.29, 0.717) is 13.1 Å². The summed E-state index contributed by atoms with van der Waals surface area (Å²) < 4.78 is 0. The highest BCUT2D eigenvalue weighted by atomic mass is 35.5. The van der Waals surface area contributed by atoms with Crippen LogP contribution in [0, 0.1) is 6.92 Å². The Morgan fingerprint density at radius 1 is 1.21 bits per heavy atom. The number of hydrogen-bond donors (Lipinski definition) is 1. The number of nitrogens with one attached hydrogen (secondary N) is 1. The number of hydrogen-bond acceptors (Lipinski definition) is 2. The molecule has 0 radical (unpaired) electrons. The van der Waals surface area contributed by atoms with Crippen LogP contribution in [0.5, 0.6) is 0 Å². The van der Waals surface area contributed by atoms with Gasteiger partial charge in [-0.3, -0.25) is 4.90 Å². The zero-order valence-corrected chi connectivity index (χ0v) is 17.6. The van der Waals surface area contributed by atoms with E-state index in [1.54, 1.807) is 0 Å². The molecule has 3 rings (SSSR count). The van der Waals surface area contributed by atoms with Gasteiger partial charge in [0.2, 0.25) is 0 Å². The van der Waals surface area contributed by atoms with Gasteiger partial charge in [-0.25, -0.2) is 4.79 Å². The summed E-state index contributed by atoms with van der Waals surface area (Å²) in [6.07, 6.45) is 2.18. The summed E-state index contributed by atoms with van der Waals surface area (Å²) in [6.45, 7) is 8.20. The van der Waals surface area contributed by atoms with Gasteiger partial charge in [0.25, 0.3) is 0 Å². The highest BCUT2D eigenvalue weighted by molar-refractivity contribution is 6.31. The fourth-order valence-corrected chi connectivity index (χ4v) is 4.07. The van der Waals surface area contributed by atoms with Crippen molar-refractivity contribution in [2.24, 2.45) is 0 Å². The molecule has 0 aliphatic carbocycles. The molecule has 5 heteroatoms. The topological polar surface area (TPSA) is 35.6 Å². The van der Waals surface area contributed by atoms with Crippen LogP contribution in [-0.2, 0) is 13.1 Å². The molecule has 1 unspecified atom stereocenters. The Morgan fingerprint density at radius 2 is 2.00 bits per heavy atom. The number of aryl methyl sites for hydroxylation is 1. The average Bonchev–Trinajstić information content (AvgIpc) is 2.70. The summed E-state index contributed by atoms with van der Waals surface area (Å²) in [4.78, 5) is 17.3. The third-order valence-electron chi connectivity index (χ3n) is 5.45. The lowest BCUT2D eigenvalue weighted by Gasteiger charge is -2.39. The number of urea groups is 1. The van der Waals surface area contributed by atoms with Crippen LogP contribution in [0.2, 0.25) is 5.02 Å². The number of likely N-dealkylation sites (N-methyl/N-ethyl adjacent to an activating group) is 1. The van der Waals surface area contributed by atoms with Crippen LogP contribution in [0.3, 0.4) is 0 Å². The second-order valence-corrected chi connectivity index (χ2v) is 7.95. The maximum absolute atomic E-state index is 12.8. The first-order chi connectivity index (χ1) is 13.6. The van der Waals surface area contributed by atoms with Crippen LogP contribution in [0.1, 0.15) is 36.5 Å². The van der Waals surface area contributed by atoms with Crippen LogP contribution < -0.4 is 5.32 Å².